The fourth-order valence-corrected chi connectivity index (χ4v) is 2.57. The molecule has 2 rings (SSSR count). The molecule has 0 radical (unpaired) electrons. The molecule has 0 aliphatic rings. The molecular weight excluding hydrogens is 365 g/mol. The Morgan fingerprint density at radius 3 is 2.41 bits per heavy atom. The molecule has 27 heavy (non-hydrogen) atoms. The van der Waals surface area contributed by atoms with E-state index in [1.165, 1.54) is 12.1 Å². The summed E-state index contributed by atoms with van der Waals surface area (Å²) in [4.78, 5) is 22.2. The van der Waals surface area contributed by atoms with Crippen molar-refractivity contribution < 1.29 is 27.6 Å². The molecule has 0 saturated heterocycles. The second-order valence-electron chi connectivity index (χ2n) is 5.75. The van der Waals surface area contributed by atoms with Crippen molar-refractivity contribution in [2.75, 3.05) is 12.4 Å². The normalized spacial score (nSPS) is 13.5. The molecule has 6 nitrogen and oxygen atoms in total. The Kier molecular flexibility index (Phi) is 6.38. The summed E-state index contributed by atoms with van der Waals surface area (Å²) in [7, 11) is 1.02. The second-order valence-corrected chi connectivity index (χ2v) is 5.75. The van der Waals surface area contributed by atoms with Crippen LogP contribution >= 0.6 is 0 Å². The van der Waals surface area contributed by atoms with Gasteiger partial charge in [0.2, 0.25) is 0 Å². The molecule has 0 spiro atoms. The van der Waals surface area contributed by atoms with Gasteiger partial charge in [0.15, 0.2) is 0 Å². The van der Waals surface area contributed by atoms with Crippen LogP contribution in [0.2, 0.25) is 0 Å². The first-order chi connectivity index (χ1) is 12.7. The lowest BCUT2D eigenvalue weighted by Crippen LogP contribution is -2.34. The molecule has 0 bridgehead atoms. The smallest absolute Gasteiger partial charge is 0.416 e. The van der Waals surface area contributed by atoms with E-state index >= 15 is 0 Å². The molecule has 2 unspecified atom stereocenters. The van der Waals surface area contributed by atoms with Crippen LogP contribution in [0.15, 0.2) is 54.6 Å². The predicted octanol–water partition coefficient (Wildman–Crippen LogP) is 4.07. The zero-order chi connectivity index (χ0) is 20.0. The molecule has 1 N–H and O–H groups in total. The van der Waals surface area contributed by atoms with Gasteiger partial charge in [-0.05, 0) is 29.8 Å². The third-order valence-electron chi connectivity index (χ3n) is 3.92. The zero-order valence-corrected chi connectivity index (χ0v) is 14.3. The summed E-state index contributed by atoms with van der Waals surface area (Å²) in [6.07, 6.45) is -4.94. The Morgan fingerprint density at radius 1 is 1.19 bits per heavy atom. The van der Waals surface area contributed by atoms with Crippen molar-refractivity contribution in [3.05, 3.63) is 75.8 Å². The van der Waals surface area contributed by atoms with Crippen molar-refractivity contribution in [2.24, 2.45) is 0 Å². The Morgan fingerprint density at radius 2 is 1.85 bits per heavy atom. The third kappa shape index (κ3) is 5.44. The topological polar surface area (TPSA) is 81.5 Å². The van der Waals surface area contributed by atoms with Crippen molar-refractivity contribution in [3.63, 3.8) is 0 Å². The average molecular weight is 382 g/mol. The van der Waals surface area contributed by atoms with E-state index < -0.39 is 34.7 Å². The van der Waals surface area contributed by atoms with E-state index in [-0.39, 0.29) is 12.0 Å². The van der Waals surface area contributed by atoms with Crippen molar-refractivity contribution in [1.82, 2.24) is 0 Å². The monoisotopic (exact) mass is 382 g/mol. The molecular formula is C18H17F3N2O4. The summed E-state index contributed by atoms with van der Waals surface area (Å²) in [5, 5.41) is 14.2. The zero-order valence-electron chi connectivity index (χ0n) is 14.3. The molecule has 0 aromatic heterocycles. The Balaban J connectivity index is 2.40. The molecule has 0 heterocycles. The van der Waals surface area contributed by atoms with E-state index in [0.29, 0.717) is 5.69 Å². The number of para-hydroxylation sites is 1. The minimum atomic E-state index is -4.56. The van der Waals surface area contributed by atoms with Gasteiger partial charge in [-0.15, -0.1) is 0 Å². The van der Waals surface area contributed by atoms with E-state index in [4.69, 9.17) is 0 Å². The van der Waals surface area contributed by atoms with Crippen LogP contribution in [0.4, 0.5) is 18.9 Å². The molecule has 0 aliphatic carbocycles. The summed E-state index contributed by atoms with van der Waals surface area (Å²) >= 11 is 0. The number of hydrogen-bond donors (Lipinski definition) is 1. The lowest BCUT2D eigenvalue weighted by Gasteiger charge is -2.22. The van der Waals surface area contributed by atoms with Gasteiger partial charge in [-0.3, -0.25) is 10.1 Å². The number of nitro groups is 1. The molecule has 2 aromatic rings. The molecule has 2 atom stereocenters. The molecule has 0 aliphatic heterocycles. The van der Waals surface area contributed by atoms with Crippen LogP contribution in [0.3, 0.4) is 0 Å². The van der Waals surface area contributed by atoms with E-state index in [1.54, 1.807) is 30.3 Å². The van der Waals surface area contributed by atoms with Crippen molar-refractivity contribution >= 4 is 11.7 Å². The van der Waals surface area contributed by atoms with Gasteiger partial charge in [0.25, 0.3) is 0 Å². The first-order valence-electron chi connectivity index (χ1n) is 7.92. The Bertz CT molecular complexity index is 797. The van der Waals surface area contributed by atoms with Crippen LogP contribution in [0.1, 0.15) is 23.6 Å². The quantitative estimate of drug-likeness (QED) is 0.444. The molecule has 0 amide bonds. The fourth-order valence-electron chi connectivity index (χ4n) is 2.57. The number of anilines is 1. The van der Waals surface area contributed by atoms with Gasteiger partial charge in [0, 0.05) is 10.6 Å². The van der Waals surface area contributed by atoms with Crippen LogP contribution in [0.5, 0.6) is 0 Å². The Hall–Kier alpha value is -3.10. The molecule has 9 heteroatoms. The number of halogens is 3. The number of hydrogen-bond acceptors (Lipinski definition) is 5. The highest BCUT2D eigenvalue weighted by Crippen LogP contribution is 2.33. The van der Waals surface area contributed by atoms with Crippen molar-refractivity contribution in [3.8, 4) is 0 Å². The number of alkyl halides is 3. The number of ether oxygens (including phenoxy) is 1. The van der Waals surface area contributed by atoms with Gasteiger partial charge in [-0.2, -0.15) is 13.2 Å². The van der Waals surface area contributed by atoms with Crippen LogP contribution < -0.4 is 5.32 Å². The maximum absolute atomic E-state index is 13.0. The van der Waals surface area contributed by atoms with Crippen molar-refractivity contribution in [2.45, 2.75) is 24.7 Å². The number of carbonyl (C=O) groups excluding carboxylic acids is 1. The summed E-state index contributed by atoms with van der Waals surface area (Å²) in [6.45, 7) is 0. The van der Waals surface area contributed by atoms with E-state index in [9.17, 15) is 28.1 Å². The largest absolute Gasteiger partial charge is 0.464 e. The first-order valence-corrected chi connectivity index (χ1v) is 7.92. The number of esters is 1. The number of benzene rings is 2. The number of nitrogens with one attached hydrogen (secondary N) is 1. The van der Waals surface area contributed by atoms with E-state index in [2.05, 4.69) is 10.1 Å². The predicted molar refractivity (Wildman–Crippen MR) is 91.7 cm³/mol. The SMILES string of the molecule is COC(=O)C(CC(Nc1ccccc1)c1cccc(C(F)(F)F)c1)[N+](=O)[O-]. The first kappa shape index (κ1) is 20.2. The maximum atomic E-state index is 13.0. The number of carbonyl (C=O) groups is 1. The van der Waals surface area contributed by atoms with Crippen molar-refractivity contribution in [1.29, 1.82) is 0 Å². The fraction of sp³-hybridized carbons (Fsp3) is 0.278. The molecule has 0 fully saturated rings. The van der Waals surface area contributed by atoms with Crippen LogP contribution in [-0.2, 0) is 15.7 Å². The average Bonchev–Trinajstić information content (AvgIpc) is 2.64. The Labute approximate surface area is 153 Å². The highest BCUT2D eigenvalue weighted by Gasteiger charge is 2.36. The van der Waals surface area contributed by atoms with E-state index in [0.717, 1.165) is 19.2 Å². The summed E-state index contributed by atoms with van der Waals surface area (Å²) in [5.74, 6) is -1.06. The molecule has 144 valence electrons. The highest BCUT2D eigenvalue weighted by atomic mass is 19.4. The van der Waals surface area contributed by atoms with Crippen LogP contribution in [0.25, 0.3) is 0 Å². The second kappa shape index (κ2) is 8.52. The lowest BCUT2D eigenvalue weighted by molar-refractivity contribution is -0.511. The number of rotatable bonds is 7. The summed E-state index contributed by atoms with van der Waals surface area (Å²) in [6, 6.07) is 10.3. The van der Waals surface area contributed by atoms with Crippen LogP contribution in [0, 0.1) is 10.1 Å². The standard InChI is InChI=1S/C18H17F3N2O4/c1-27-17(24)16(23(25)26)11-15(22-14-8-3-2-4-9-14)12-6-5-7-13(10-12)18(19,20)21/h2-10,15-16,22H,11H2,1H3. The van der Waals surface area contributed by atoms with Gasteiger partial charge in [0.05, 0.1) is 25.1 Å². The highest BCUT2D eigenvalue weighted by molar-refractivity contribution is 5.74. The third-order valence-corrected chi connectivity index (χ3v) is 3.92. The van der Waals surface area contributed by atoms with E-state index in [1.807, 2.05) is 0 Å². The van der Waals surface area contributed by atoms with Gasteiger partial charge >= 0.3 is 18.2 Å². The molecule has 2 aromatic carbocycles. The lowest BCUT2D eigenvalue weighted by atomic mass is 9.97. The van der Waals surface area contributed by atoms with Crippen LogP contribution in [-0.4, -0.2) is 24.0 Å². The minimum Gasteiger partial charge on any atom is -0.464 e. The maximum Gasteiger partial charge on any atom is 0.416 e. The number of nitrogens with zero attached hydrogens (tertiary/aromatic N) is 1. The minimum absolute atomic E-state index is 0.171. The van der Waals surface area contributed by atoms with Gasteiger partial charge in [-0.25, -0.2) is 4.79 Å². The van der Waals surface area contributed by atoms with Gasteiger partial charge in [0.1, 0.15) is 0 Å². The summed E-state index contributed by atoms with van der Waals surface area (Å²) in [5.41, 5.74) is -0.160. The van der Waals surface area contributed by atoms with Gasteiger partial charge in [-0.1, -0.05) is 30.3 Å². The summed E-state index contributed by atoms with van der Waals surface area (Å²) < 4.78 is 43.5. The molecule has 0 saturated carbocycles. The number of methoxy groups -OCH3 is 1. The van der Waals surface area contributed by atoms with Gasteiger partial charge < -0.3 is 10.1 Å².